The predicted molar refractivity (Wildman–Crippen MR) is 116 cm³/mol. The number of aromatic nitrogens is 3. The van der Waals surface area contributed by atoms with Crippen LogP contribution in [0.25, 0.3) is 16.6 Å². The molecular weight excluding hydrogens is 447 g/mol. The lowest BCUT2D eigenvalue weighted by Gasteiger charge is -2.22. The molecule has 3 heterocycles. The van der Waals surface area contributed by atoms with Gasteiger partial charge in [0.15, 0.2) is 15.6 Å². The molecule has 3 rings (SSSR count). The molecule has 0 aliphatic heterocycles. The highest BCUT2D eigenvalue weighted by Gasteiger charge is 2.34. The zero-order valence-corrected chi connectivity index (χ0v) is 19.1. The first-order chi connectivity index (χ1) is 14.4. The number of aliphatic hydroxyl groups is 1. The zero-order valence-electron chi connectivity index (χ0n) is 17.6. The number of nitrogen functional groups attached to an aromatic ring is 1. The summed E-state index contributed by atoms with van der Waals surface area (Å²) in [5.74, 6) is -1.12. The zero-order chi connectivity index (χ0) is 23.1. The summed E-state index contributed by atoms with van der Waals surface area (Å²) in [6.07, 6.45) is 2.81. The largest absolute Gasteiger partial charge is 0.490 e. The molecule has 0 spiro atoms. The van der Waals surface area contributed by atoms with Crippen molar-refractivity contribution >= 4 is 32.8 Å². The summed E-state index contributed by atoms with van der Waals surface area (Å²) in [5.41, 5.74) is 6.22. The number of fused-ring (bicyclic) bond motifs is 1. The summed E-state index contributed by atoms with van der Waals surface area (Å²) >= 11 is 6.01. The van der Waals surface area contributed by atoms with Gasteiger partial charge in [-0.25, -0.2) is 17.9 Å². The van der Waals surface area contributed by atoms with Crippen molar-refractivity contribution in [3.05, 3.63) is 35.5 Å². The standard InChI is InChI=1S/C20H24ClFN4O4S/c1-11(9-27)10-30-16-8-26-15(6-17(16)31(28,29)20(2,3)4)13(7-24-26)12-5-14(21)19(23)25-18(12)22/h5-8,11,27H,9-10H2,1-4H3,(H2,23,25)/t11-/m1/s1. The Labute approximate surface area is 184 Å². The quantitative estimate of drug-likeness (QED) is 0.530. The molecular formula is C20H24ClFN4O4S. The highest BCUT2D eigenvalue weighted by atomic mass is 35.5. The fraction of sp³-hybridized carbons (Fsp3) is 0.400. The summed E-state index contributed by atoms with van der Waals surface area (Å²) < 4.78 is 47.1. The number of aliphatic hydroxyl groups excluding tert-OH is 1. The predicted octanol–water partition coefficient (Wildman–Crippen LogP) is 3.35. The Kier molecular flexibility index (Phi) is 6.18. The number of sulfone groups is 1. The lowest BCUT2D eigenvalue weighted by atomic mass is 10.1. The van der Waals surface area contributed by atoms with Gasteiger partial charge in [0, 0.05) is 23.7 Å². The van der Waals surface area contributed by atoms with Crippen LogP contribution in [0.4, 0.5) is 10.2 Å². The van der Waals surface area contributed by atoms with E-state index >= 15 is 0 Å². The Hall–Kier alpha value is -2.43. The maximum absolute atomic E-state index is 14.5. The lowest BCUT2D eigenvalue weighted by molar-refractivity contribution is 0.171. The molecule has 3 N–H and O–H groups in total. The van der Waals surface area contributed by atoms with Crippen molar-refractivity contribution in [2.45, 2.75) is 37.3 Å². The van der Waals surface area contributed by atoms with E-state index in [1.165, 1.54) is 29.0 Å². The molecule has 0 bridgehead atoms. The van der Waals surface area contributed by atoms with E-state index in [1.807, 2.05) is 0 Å². The topological polar surface area (TPSA) is 120 Å². The third-order valence-corrected chi connectivity index (χ3v) is 7.57. The van der Waals surface area contributed by atoms with Gasteiger partial charge in [-0.15, -0.1) is 0 Å². The molecule has 31 heavy (non-hydrogen) atoms. The number of ether oxygens (including phenoxy) is 1. The minimum absolute atomic E-state index is 0.0378. The Balaban J connectivity index is 2.26. The molecule has 3 aromatic heterocycles. The van der Waals surface area contributed by atoms with Gasteiger partial charge in [-0.2, -0.15) is 9.49 Å². The Morgan fingerprint density at radius 2 is 2.00 bits per heavy atom. The Morgan fingerprint density at radius 1 is 1.32 bits per heavy atom. The molecule has 0 radical (unpaired) electrons. The number of hydrogen-bond donors (Lipinski definition) is 2. The average Bonchev–Trinajstić information content (AvgIpc) is 3.09. The Morgan fingerprint density at radius 3 is 2.61 bits per heavy atom. The minimum Gasteiger partial charge on any atom is -0.490 e. The number of nitrogens with two attached hydrogens (primary N) is 1. The van der Waals surface area contributed by atoms with Crippen molar-refractivity contribution in [2.24, 2.45) is 5.92 Å². The second-order valence-corrected chi connectivity index (χ2v) is 11.4. The molecule has 0 fully saturated rings. The first-order valence-corrected chi connectivity index (χ1v) is 11.3. The van der Waals surface area contributed by atoms with Crippen LogP contribution in [-0.4, -0.2) is 46.1 Å². The number of anilines is 1. The number of nitrogens with zero attached hydrogens (tertiary/aromatic N) is 3. The number of hydrogen-bond acceptors (Lipinski definition) is 7. The van der Waals surface area contributed by atoms with Crippen LogP contribution in [0.5, 0.6) is 5.75 Å². The molecule has 168 valence electrons. The van der Waals surface area contributed by atoms with E-state index in [0.717, 1.165) is 0 Å². The first-order valence-electron chi connectivity index (χ1n) is 9.48. The first kappa shape index (κ1) is 23.2. The molecule has 0 aliphatic carbocycles. The van der Waals surface area contributed by atoms with Crippen molar-refractivity contribution in [3.8, 4) is 16.9 Å². The van der Waals surface area contributed by atoms with Crippen LogP contribution in [0.3, 0.4) is 0 Å². The van der Waals surface area contributed by atoms with E-state index < -0.39 is 20.5 Å². The summed E-state index contributed by atoms with van der Waals surface area (Å²) in [5, 5.41) is 13.5. The summed E-state index contributed by atoms with van der Waals surface area (Å²) in [6, 6.07) is 2.72. The van der Waals surface area contributed by atoms with Gasteiger partial charge >= 0.3 is 0 Å². The molecule has 0 saturated carbocycles. The molecule has 11 heteroatoms. The molecule has 3 aromatic rings. The van der Waals surface area contributed by atoms with Gasteiger partial charge in [-0.3, -0.25) is 0 Å². The molecule has 8 nitrogen and oxygen atoms in total. The van der Waals surface area contributed by atoms with Gasteiger partial charge in [-0.1, -0.05) is 18.5 Å². The fourth-order valence-corrected chi connectivity index (χ4v) is 4.25. The van der Waals surface area contributed by atoms with Crippen LogP contribution >= 0.6 is 11.6 Å². The van der Waals surface area contributed by atoms with Crippen LogP contribution in [0.15, 0.2) is 29.4 Å². The van der Waals surface area contributed by atoms with Crippen LogP contribution in [0.2, 0.25) is 5.02 Å². The maximum atomic E-state index is 14.5. The van der Waals surface area contributed by atoms with E-state index in [9.17, 15) is 17.9 Å². The van der Waals surface area contributed by atoms with Crippen molar-refractivity contribution in [3.63, 3.8) is 0 Å². The molecule has 0 aromatic carbocycles. The lowest BCUT2D eigenvalue weighted by Crippen LogP contribution is -2.28. The van der Waals surface area contributed by atoms with E-state index in [1.54, 1.807) is 27.7 Å². The molecule has 1 atom stereocenters. The second kappa shape index (κ2) is 8.25. The Bertz CT molecular complexity index is 1240. The van der Waals surface area contributed by atoms with E-state index in [0.29, 0.717) is 11.1 Å². The van der Waals surface area contributed by atoms with Gasteiger partial charge in [0.2, 0.25) is 5.95 Å². The van der Waals surface area contributed by atoms with Crippen molar-refractivity contribution in [1.82, 2.24) is 14.6 Å². The summed E-state index contributed by atoms with van der Waals surface area (Å²) in [7, 11) is -3.84. The van der Waals surface area contributed by atoms with E-state index in [-0.39, 0.29) is 46.2 Å². The van der Waals surface area contributed by atoms with Crippen molar-refractivity contribution in [2.75, 3.05) is 18.9 Å². The van der Waals surface area contributed by atoms with Gasteiger partial charge in [0.1, 0.15) is 10.7 Å². The van der Waals surface area contributed by atoms with Gasteiger partial charge in [0.05, 0.1) is 34.3 Å². The molecule has 0 unspecified atom stereocenters. The second-order valence-electron chi connectivity index (χ2n) is 8.30. The SMILES string of the molecule is C[C@H](CO)COc1cn2ncc(-c3cc(Cl)c(N)nc3F)c2cc1S(=O)(=O)C(C)(C)C. The summed E-state index contributed by atoms with van der Waals surface area (Å²) in [6.45, 7) is 6.49. The minimum atomic E-state index is -3.84. The van der Waals surface area contributed by atoms with E-state index in [4.69, 9.17) is 22.1 Å². The number of rotatable bonds is 6. The molecule has 0 saturated heterocycles. The monoisotopic (exact) mass is 470 g/mol. The number of halogens is 2. The normalized spacial score (nSPS) is 13.5. The van der Waals surface area contributed by atoms with Gasteiger partial charge in [0.25, 0.3) is 0 Å². The highest BCUT2D eigenvalue weighted by molar-refractivity contribution is 7.92. The smallest absolute Gasteiger partial charge is 0.222 e. The van der Waals surface area contributed by atoms with Crippen LogP contribution in [0.1, 0.15) is 27.7 Å². The van der Waals surface area contributed by atoms with Gasteiger partial charge in [-0.05, 0) is 32.9 Å². The third kappa shape index (κ3) is 4.32. The van der Waals surface area contributed by atoms with Crippen molar-refractivity contribution in [1.29, 1.82) is 0 Å². The fourth-order valence-electron chi connectivity index (χ4n) is 2.80. The van der Waals surface area contributed by atoms with Gasteiger partial charge < -0.3 is 15.6 Å². The average molecular weight is 471 g/mol. The molecule has 0 amide bonds. The third-order valence-electron chi connectivity index (χ3n) is 4.76. The number of pyridine rings is 2. The molecule has 0 aliphatic rings. The highest BCUT2D eigenvalue weighted by Crippen LogP contribution is 2.37. The summed E-state index contributed by atoms with van der Waals surface area (Å²) in [4.78, 5) is 3.54. The van der Waals surface area contributed by atoms with Crippen molar-refractivity contribution < 1.29 is 22.7 Å². The van der Waals surface area contributed by atoms with Crippen LogP contribution in [-0.2, 0) is 9.84 Å². The van der Waals surface area contributed by atoms with Crippen LogP contribution < -0.4 is 10.5 Å². The van der Waals surface area contributed by atoms with E-state index in [2.05, 4.69) is 10.1 Å². The van der Waals surface area contributed by atoms with Crippen LogP contribution in [0, 0.1) is 11.9 Å². The maximum Gasteiger partial charge on any atom is 0.222 e.